The van der Waals surface area contributed by atoms with Gasteiger partial charge < -0.3 is 14.8 Å². The molecule has 2 rings (SSSR count). The van der Waals surface area contributed by atoms with E-state index in [2.05, 4.69) is 10.2 Å². The first-order valence-electron chi connectivity index (χ1n) is 8.00. The van der Waals surface area contributed by atoms with E-state index in [0.717, 1.165) is 25.1 Å². The van der Waals surface area contributed by atoms with Crippen molar-refractivity contribution in [3.05, 3.63) is 33.4 Å². The van der Waals surface area contributed by atoms with Crippen LogP contribution in [0.25, 0.3) is 0 Å². The van der Waals surface area contributed by atoms with E-state index in [-0.39, 0.29) is 11.3 Å². The number of carbonyl (C=O) groups excluding carboxylic acids is 1. The number of rotatable bonds is 7. The highest BCUT2D eigenvalue weighted by Gasteiger charge is 2.24. The lowest BCUT2D eigenvalue weighted by Crippen LogP contribution is -2.36. The predicted octanol–water partition coefficient (Wildman–Crippen LogP) is 2.04. The second-order valence-electron chi connectivity index (χ2n) is 5.59. The predicted molar refractivity (Wildman–Crippen MR) is 89.3 cm³/mol. The van der Waals surface area contributed by atoms with Crippen molar-refractivity contribution in [2.75, 3.05) is 45.3 Å². The number of hydrogen-bond acceptors (Lipinski definition) is 7. The highest BCUT2D eigenvalue weighted by Crippen LogP contribution is 2.32. The van der Waals surface area contributed by atoms with E-state index < -0.39 is 10.9 Å². The summed E-state index contributed by atoms with van der Waals surface area (Å²) in [4.78, 5) is 25.0. The van der Waals surface area contributed by atoms with Gasteiger partial charge in [-0.1, -0.05) is 6.92 Å². The molecular weight excluding hydrogens is 314 g/mol. The average Bonchev–Trinajstić information content (AvgIpc) is 2.60. The molecule has 1 aromatic rings. The lowest BCUT2D eigenvalue weighted by molar-refractivity contribution is -0.384. The lowest BCUT2D eigenvalue weighted by Gasteiger charge is -2.27. The number of nitro benzene ring substituents is 1. The van der Waals surface area contributed by atoms with Gasteiger partial charge in [0.05, 0.1) is 30.8 Å². The fourth-order valence-corrected chi connectivity index (χ4v) is 2.64. The summed E-state index contributed by atoms with van der Waals surface area (Å²) in [6, 6.07) is 2.94. The highest BCUT2D eigenvalue weighted by atomic mass is 16.6. The Labute approximate surface area is 140 Å². The van der Waals surface area contributed by atoms with Crippen molar-refractivity contribution in [2.45, 2.75) is 19.9 Å². The van der Waals surface area contributed by atoms with E-state index in [1.54, 1.807) is 6.07 Å². The Morgan fingerprint density at radius 1 is 1.42 bits per heavy atom. The van der Waals surface area contributed by atoms with E-state index in [9.17, 15) is 14.9 Å². The molecule has 1 N–H and O–H groups in total. The van der Waals surface area contributed by atoms with Crippen molar-refractivity contribution in [3.63, 3.8) is 0 Å². The Kier molecular flexibility index (Phi) is 6.51. The maximum atomic E-state index is 11.9. The minimum atomic E-state index is -0.580. The number of nitrogens with one attached hydrogen (secondary N) is 1. The van der Waals surface area contributed by atoms with Crippen LogP contribution < -0.4 is 5.32 Å². The van der Waals surface area contributed by atoms with Gasteiger partial charge in [-0.05, 0) is 18.1 Å². The van der Waals surface area contributed by atoms with Crippen LogP contribution in [0.2, 0.25) is 0 Å². The average molecular weight is 337 g/mol. The van der Waals surface area contributed by atoms with Crippen LogP contribution in [0.3, 0.4) is 0 Å². The Balaban J connectivity index is 2.42. The van der Waals surface area contributed by atoms with E-state index in [4.69, 9.17) is 9.47 Å². The summed E-state index contributed by atoms with van der Waals surface area (Å²) in [6.45, 7) is 5.90. The smallest absolute Gasteiger partial charge is 0.338 e. The van der Waals surface area contributed by atoms with Crippen molar-refractivity contribution in [3.8, 4) is 0 Å². The molecule has 1 aliphatic heterocycles. The third kappa shape index (κ3) is 4.42. The first-order chi connectivity index (χ1) is 11.6. The topological polar surface area (TPSA) is 93.9 Å². The highest BCUT2D eigenvalue weighted by molar-refractivity contribution is 5.92. The zero-order chi connectivity index (χ0) is 17.5. The van der Waals surface area contributed by atoms with Gasteiger partial charge in [-0.15, -0.1) is 0 Å². The van der Waals surface area contributed by atoms with Crippen LogP contribution in [0.5, 0.6) is 0 Å². The maximum absolute atomic E-state index is 11.9. The van der Waals surface area contributed by atoms with Crippen LogP contribution in [0.1, 0.15) is 29.3 Å². The fourth-order valence-electron chi connectivity index (χ4n) is 2.64. The van der Waals surface area contributed by atoms with Crippen LogP contribution in [0.15, 0.2) is 12.1 Å². The normalized spacial score (nSPS) is 15.1. The van der Waals surface area contributed by atoms with Crippen molar-refractivity contribution < 1.29 is 19.2 Å². The third-order valence-electron chi connectivity index (χ3n) is 3.87. The molecule has 1 aliphatic rings. The minimum absolute atomic E-state index is 0.102. The molecule has 0 amide bonds. The number of nitrogens with zero attached hydrogens (tertiary/aromatic N) is 2. The molecule has 1 aromatic carbocycles. The molecule has 24 heavy (non-hydrogen) atoms. The van der Waals surface area contributed by atoms with Gasteiger partial charge in [-0.3, -0.25) is 15.0 Å². The largest absolute Gasteiger partial charge is 0.465 e. The van der Waals surface area contributed by atoms with Crippen LogP contribution in [-0.2, 0) is 16.0 Å². The molecule has 1 fully saturated rings. The molecule has 132 valence electrons. The summed E-state index contributed by atoms with van der Waals surface area (Å²) in [6.07, 6.45) is 0.840. The van der Waals surface area contributed by atoms with Crippen LogP contribution in [-0.4, -0.2) is 55.8 Å². The summed E-state index contributed by atoms with van der Waals surface area (Å²) in [5.74, 6) is -0.580. The number of morpholine rings is 1. The molecule has 0 radical (unpaired) electrons. The summed E-state index contributed by atoms with van der Waals surface area (Å²) in [7, 11) is 1.26. The zero-order valence-electron chi connectivity index (χ0n) is 14.0. The molecule has 1 heterocycles. The van der Waals surface area contributed by atoms with Gasteiger partial charge >= 0.3 is 5.97 Å². The number of benzene rings is 1. The van der Waals surface area contributed by atoms with Crippen molar-refractivity contribution in [1.29, 1.82) is 0 Å². The molecule has 1 saturated heterocycles. The molecule has 0 saturated carbocycles. The second-order valence-corrected chi connectivity index (χ2v) is 5.59. The van der Waals surface area contributed by atoms with Gasteiger partial charge in [0.2, 0.25) is 0 Å². The van der Waals surface area contributed by atoms with Crippen molar-refractivity contribution >= 4 is 17.3 Å². The summed E-state index contributed by atoms with van der Waals surface area (Å²) >= 11 is 0. The molecule has 0 aliphatic carbocycles. The first kappa shape index (κ1) is 18.2. The van der Waals surface area contributed by atoms with Gasteiger partial charge in [0, 0.05) is 32.2 Å². The zero-order valence-corrected chi connectivity index (χ0v) is 14.0. The Morgan fingerprint density at radius 2 is 2.12 bits per heavy atom. The fraction of sp³-hybridized carbons (Fsp3) is 0.562. The second kappa shape index (κ2) is 8.60. The minimum Gasteiger partial charge on any atom is -0.465 e. The molecule has 0 aromatic heterocycles. The number of hydrogen-bond donors (Lipinski definition) is 1. The van der Waals surface area contributed by atoms with Gasteiger partial charge in [0.15, 0.2) is 0 Å². The number of ether oxygens (including phenoxy) is 2. The molecule has 0 spiro atoms. The SMILES string of the molecule is CCCNc1c(CN2CCOCC2)cc(C(=O)OC)cc1[N+](=O)[O-]. The number of methoxy groups -OCH3 is 1. The Morgan fingerprint density at radius 3 is 2.71 bits per heavy atom. The number of esters is 1. The van der Waals surface area contributed by atoms with Crippen LogP contribution in [0.4, 0.5) is 11.4 Å². The van der Waals surface area contributed by atoms with E-state index in [0.29, 0.717) is 32.0 Å². The first-order valence-corrected chi connectivity index (χ1v) is 8.00. The summed E-state index contributed by atoms with van der Waals surface area (Å²) in [5, 5.41) is 14.6. The number of anilines is 1. The van der Waals surface area contributed by atoms with Crippen LogP contribution >= 0.6 is 0 Å². The van der Waals surface area contributed by atoms with Crippen molar-refractivity contribution in [2.24, 2.45) is 0 Å². The number of nitro groups is 1. The standard InChI is InChI=1S/C16H23N3O5/c1-3-4-17-15-13(11-18-5-7-24-8-6-18)9-12(16(20)23-2)10-14(15)19(21)22/h9-10,17H,3-8,11H2,1-2H3. The summed E-state index contributed by atoms with van der Waals surface area (Å²) < 4.78 is 10.1. The van der Waals surface area contributed by atoms with E-state index in [1.165, 1.54) is 13.2 Å². The van der Waals surface area contributed by atoms with Gasteiger partial charge in [0.25, 0.3) is 5.69 Å². The third-order valence-corrected chi connectivity index (χ3v) is 3.87. The molecule has 0 unspecified atom stereocenters. The molecular formula is C16H23N3O5. The van der Waals surface area contributed by atoms with Gasteiger partial charge in [0.1, 0.15) is 5.69 Å². The monoisotopic (exact) mass is 337 g/mol. The maximum Gasteiger partial charge on any atom is 0.338 e. The lowest BCUT2D eigenvalue weighted by atomic mass is 10.0. The Bertz CT molecular complexity index is 600. The summed E-state index contributed by atoms with van der Waals surface area (Å²) in [5.41, 5.74) is 1.28. The number of carbonyl (C=O) groups is 1. The molecule has 8 heteroatoms. The van der Waals surface area contributed by atoms with E-state index in [1.807, 2.05) is 6.92 Å². The Hall–Kier alpha value is -2.19. The van der Waals surface area contributed by atoms with Crippen molar-refractivity contribution in [1.82, 2.24) is 4.90 Å². The quantitative estimate of drug-likeness (QED) is 0.462. The molecule has 8 nitrogen and oxygen atoms in total. The van der Waals surface area contributed by atoms with E-state index >= 15 is 0 Å². The molecule has 0 atom stereocenters. The van der Waals surface area contributed by atoms with Crippen LogP contribution in [0, 0.1) is 10.1 Å². The van der Waals surface area contributed by atoms with Gasteiger partial charge in [-0.25, -0.2) is 4.79 Å². The molecule has 0 bridgehead atoms. The van der Waals surface area contributed by atoms with Gasteiger partial charge in [-0.2, -0.15) is 0 Å².